The predicted octanol–water partition coefficient (Wildman–Crippen LogP) is 1.93. The molecule has 21 heavy (non-hydrogen) atoms. The second-order valence-corrected chi connectivity index (χ2v) is 5.64. The smallest absolute Gasteiger partial charge is 0.160 e. The molecule has 0 bridgehead atoms. The lowest BCUT2D eigenvalue weighted by molar-refractivity contribution is -0.0420. The fourth-order valence-corrected chi connectivity index (χ4v) is 2.76. The maximum Gasteiger partial charge on any atom is 0.160 e. The fourth-order valence-electron chi connectivity index (χ4n) is 2.76. The summed E-state index contributed by atoms with van der Waals surface area (Å²) in [5, 5.41) is 20.3. The topological polar surface area (TPSA) is 71.7 Å². The van der Waals surface area contributed by atoms with Gasteiger partial charge in [0.25, 0.3) is 0 Å². The van der Waals surface area contributed by atoms with Gasteiger partial charge in [-0.05, 0) is 31.0 Å². The highest BCUT2D eigenvalue weighted by molar-refractivity contribution is 5.43. The van der Waals surface area contributed by atoms with Crippen LogP contribution in [0.15, 0.2) is 18.2 Å². The molecule has 2 rings (SSSR count). The van der Waals surface area contributed by atoms with Crippen molar-refractivity contribution in [1.29, 1.82) is 5.26 Å². The lowest BCUT2D eigenvalue weighted by Gasteiger charge is -2.36. The van der Waals surface area contributed by atoms with Crippen LogP contribution in [0.25, 0.3) is 0 Å². The molecule has 0 saturated carbocycles. The van der Waals surface area contributed by atoms with E-state index in [1.165, 1.54) is 0 Å². The van der Waals surface area contributed by atoms with Crippen LogP contribution < -0.4 is 9.47 Å². The molecule has 0 aromatic heterocycles. The van der Waals surface area contributed by atoms with Gasteiger partial charge in [0.1, 0.15) is 5.41 Å². The highest BCUT2D eigenvalue weighted by Gasteiger charge is 2.50. The molecule has 0 aliphatic carbocycles. The molecular formula is C16H21NO4. The average Bonchev–Trinajstić information content (AvgIpc) is 2.97. The third kappa shape index (κ3) is 2.82. The summed E-state index contributed by atoms with van der Waals surface area (Å²) in [4.78, 5) is 0. The first kappa shape index (κ1) is 15.6. The number of nitriles is 1. The number of hydrogen-bond acceptors (Lipinski definition) is 5. The minimum absolute atomic E-state index is 0.268. The first-order chi connectivity index (χ1) is 9.98. The molecule has 2 atom stereocenters. The number of benzene rings is 1. The van der Waals surface area contributed by atoms with Crippen LogP contribution in [0.3, 0.4) is 0 Å². The van der Waals surface area contributed by atoms with Gasteiger partial charge in [-0.2, -0.15) is 5.26 Å². The lowest BCUT2D eigenvalue weighted by Crippen LogP contribution is -2.47. The molecule has 1 aromatic carbocycles. The van der Waals surface area contributed by atoms with Crippen LogP contribution in [0.5, 0.6) is 11.5 Å². The fraction of sp³-hybridized carbons (Fsp3) is 0.562. The highest BCUT2D eigenvalue weighted by atomic mass is 16.5. The molecule has 2 unspecified atom stereocenters. The standard InChI is InChI=1S/C16H21NO4/c1-15(18,16(10-17)6-7-21-11-16)9-12-4-5-13(19-2)14(8-12)20-3/h4-5,8,18H,6-7,9,11H2,1-3H3. The molecule has 1 fully saturated rings. The summed E-state index contributed by atoms with van der Waals surface area (Å²) in [5.41, 5.74) is -1.14. The monoisotopic (exact) mass is 291 g/mol. The molecule has 1 heterocycles. The van der Waals surface area contributed by atoms with Crippen molar-refractivity contribution >= 4 is 0 Å². The van der Waals surface area contributed by atoms with E-state index < -0.39 is 11.0 Å². The zero-order chi connectivity index (χ0) is 15.5. The molecular weight excluding hydrogens is 270 g/mol. The molecule has 0 spiro atoms. The van der Waals surface area contributed by atoms with Crippen LogP contribution >= 0.6 is 0 Å². The second-order valence-electron chi connectivity index (χ2n) is 5.64. The van der Waals surface area contributed by atoms with Crippen LogP contribution in [0.1, 0.15) is 18.9 Å². The highest BCUT2D eigenvalue weighted by Crippen LogP contribution is 2.41. The SMILES string of the molecule is COc1ccc(CC(C)(O)C2(C#N)CCOC2)cc1OC. The van der Waals surface area contributed by atoms with E-state index in [9.17, 15) is 10.4 Å². The van der Waals surface area contributed by atoms with Gasteiger partial charge in [0.2, 0.25) is 0 Å². The van der Waals surface area contributed by atoms with E-state index in [2.05, 4.69) is 6.07 Å². The molecule has 1 aliphatic heterocycles. The van der Waals surface area contributed by atoms with Crippen molar-refractivity contribution in [3.05, 3.63) is 23.8 Å². The van der Waals surface area contributed by atoms with Crippen LogP contribution in [-0.4, -0.2) is 38.1 Å². The Hall–Kier alpha value is -1.77. The van der Waals surface area contributed by atoms with Gasteiger partial charge in [0, 0.05) is 13.0 Å². The lowest BCUT2D eigenvalue weighted by atomic mass is 9.70. The molecule has 5 nitrogen and oxygen atoms in total. The minimum atomic E-state index is -1.17. The molecule has 0 radical (unpaired) electrons. The predicted molar refractivity (Wildman–Crippen MR) is 77.4 cm³/mol. The van der Waals surface area contributed by atoms with Gasteiger partial charge in [-0.25, -0.2) is 0 Å². The van der Waals surface area contributed by atoms with E-state index in [0.717, 1.165) is 5.56 Å². The van der Waals surface area contributed by atoms with Gasteiger partial charge in [-0.1, -0.05) is 6.07 Å². The summed E-state index contributed by atoms with van der Waals surface area (Å²) in [6.07, 6.45) is 0.897. The molecule has 114 valence electrons. The summed E-state index contributed by atoms with van der Waals surface area (Å²) in [7, 11) is 3.15. The normalized spacial score (nSPS) is 24.1. The Morgan fingerprint density at radius 3 is 2.62 bits per heavy atom. The second kappa shape index (κ2) is 5.92. The maximum absolute atomic E-state index is 10.8. The Bertz CT molecular complexity index is 542. The van der Waals surface area contributed by atoms with Crippen LogP contribution in [0.4, 0.5) is 0 Å². The summed E-state index contributed by atoms with van der Waals surface area (Å²) in [6.45, 7) is 2.47. The zero-order valence-corrected chi connectivity index (χ0v) is 12.7. The van der Waals surface area contributed by atoms with Gasteiger partial charge >= 0.3 is 0 Å². The summed E-state index contributed by atoms with van der Waals surface area (Å²) in [6, 6.07) is 7.76. The Balaban J connectivity index is 2.26. The minimum Gasteiger partial charge on any atom is -0.493 e. The van der Waals surface area contributed by atoms with E-state index in [-0.39, 0.29) is 6.61 Å². The molecule has 1 saturated heterocycles. The third-order valence-electron chi connectivity index (χ3n) is 4.26. The van der Waals surface area contributed by atoms with E-state index >= 15 is 0 Å². The van der Waals surface area contributed by atoms with Crippen molar-refractivity contribution in [2.75, 3.05) is 27.4 Å². The van der Waals surface area contributed by atoms with Gasteiger partial charge in [-0.3, -0.25) is 0 Å². The van der Waals surface area contributed by atoms with Gasteiger partial charge in [0.05, 0.1) is 32.5 Å². The summed E-state index contributed by atoms with van der Waals surface area (Å²) in [5.74, 6) is 1.25. The number of nitrogens with zero attached hydrogens (tertiary/aromatic N) is 1. The van der Waals surface area contributed by atoms with Crippen molar-refractivity contribution in [2.24, 2.45) is 5.41 Å². The van der Waals surface area contributed by atoms with E-state index in [1.54, 1.807) is 27.2 Å². The van der Waals surface area contributed by atoms with Crippen LogP contribution in [-0.2, 0) is 11.2 Å². The quantitative estimate of drug-likeness (QED) is 0.897. The number of rotatable bonds is 5. The first-order valence-electron chi connectivity index (χ1n) is 6.90. The molecule has 1 aromatic rings. The van der Waals surface area contributed by atoms with Crippen molar-refractivity contribution in [3.8, 4) is 17.6 Å². The van der Waals surface area contributed by atoms with Crippen molar-refractivity contribution in [2.45, 2.75) is 25.4 Å². The summed E-state index contributed by atoms with van der Waals surface area (Å²) >= 11 is 0. The van der Waals surface area contributed by atoms with E-state index in [0.29, 0.717) is 30.9 Å². The van der Waals surface area contributed by atoms with Crippen molar-refractivity contribution < 1.29 is 19.3 Å². The molecule has 0 amide bonds. The Morgan fingerprint density at radius 2 is 2.10 bits per heavy atom. The number of aliphatic hydroxyl groups is 1. The summed E-state index contributed by atoms with van der Waals surface area (Å²) < 4.78 is 15.8. The van der Waals surface area contributed by atoms with E-state index in [4.69, 9.17) is 14.2 Å². The molecule has 5 heteroatoms. The van der Waals surface area contributed by atoms with Crippen LogP contribution in [0, 0.1) is 16.7 Å². The Labute approximate surface area is 125 Å². The first-order valence-corrected chi connectivity index (χ1v) is 6.90. The zero-order valence-electron chi connectivity index (χ0n) is 12.7. The largest absolute Gasteiger partial charge is 0.493 e. The maximum atomic E-state index is 10.8. The van der Waals surface area contributed by atoms with Crippen molar-refractivity contribution in [3.63, 3.8) is 0 Å². The van der Waals surface area contributed by atoms with Crippen LogP contribution in [0.2, 0.25) is 0 Å². The van der Waals surface area contributed by atoms with Gasteiger partial charge < -0.3 is 19.3 Å². The molecule has 1 aliphatic rings. The molecule has 1 N–H and O–H groups in total. The number of ether oxygens (including phenoxy) is 3. The van der Waals surface area contributed by atoms with E-state index in [1.807, 2.05) is 12.1 Å². The van der Waals surface area contributed by atoms with Gasteiger partial charge in [0.15, 0.2) is 11.5 Å². The Kier molecular flexibility index (Phi) is 4.40. The number of methoxy groups -OCH3 is 2. The number of hydrogen-bond donors (Lipinski definition) is 1. The van der Waals surface area contributed by atoms with Crippen molar-refractivity contribution in [1.82, 2.24) is 0 Å². The Morgan fingerprint density at radius 1 is 1.38 bits per heavy atom. The third-order valence-corrected chi connectivity index (χ3v) is 4.26. The van der Waals surface area contributed by atoms with Gasteiger partial charge in [-0.15, -0.1) is 0 Å². The average molecular weight is 291 g/mol.